The zero-order chi connectivity index (χ0) is 20.9. The van der Waals surface area contributed by atoms with Crippen LogP contribution in [0.1, 0.15) is 81.8 Å². The summed E-state index contributed by atoms with van der Waals surface area (Å²) >= 11 is 1.79. The van der Waals surface area contributed by atoms with Gasteiger partial charge in [-0.1, -0.05) is 57.9 Å². The molecule has 0 saturated carbocycles. The molecule has 0 aliphatic heterocycles. The first-order valence-electron chi connectivity index (χ1n) is 11.0. The van der Waals surface area contributed by atoms with Crippen molar-refractivity contribution in [3.8, 4) is 6.07 Å². The van der Waals surface area contributed by atoms with Crippen LogP contribution in [0, 0.1) is 24.2 Å². The number of rotatable bonds is 14. The first-order valence-corrected chi connectivity index (χ1v) is 12.3. The van der Waals surface area contributed by atoms with Crippen molar-refractivity contribution in [2.45, 2.75) is 89.0 Å². The highest BCUT2D eigenvalue weighted by molar-refractivity contribution is 7.98. The Bertz CT molecular complexity index is 736. The molecule has 158 valence electrons. The summed E-state index contributed by atoms with van der Waals surface area (Å²) in [7, 11) is 0. The quantitative estimate of drug-likeness (QED) is 0.254. The summed E-state index contributed by atoms with van der Waals surface area (Å²) in [6.45, 7) is 5.15. The molecule has 0 saturated heterocycles. The molecule has 0 bridgehead atoms. The minimum Gasteiger partial charge on any atom is -0.319 e. The van der Waals surface area contributed by atoms with Crippen LogP contribution in [-0.4, -0.2) is 21.0 Å². The van der Waals surface area contributed by atoms with Gasteiger partial charge in [-0.3, -0.25) is 0 Å². The molecule has 0 aliphatic carbocycles. The van der Waals surface area contributed by atoms with Gasteiger partial charge in [-0.05, 0) is 55.2 Å². The van der Waals surface area contributed by atoms with Crippen LogP contribution in [-0.2, 0) is 6.54 Å². The molecular formula is C24H36N4S. The van der Waals surface area contributed by atoms with E-state index in [2.05, 4.69) is 54.6 Å². The van der Waals surface area contributed by atoms with E-state index in [-0.39, 0.29) is 5.92 Å². The van der Waals surface area contributed by atoms with E-state index in [0.717, 1.165) is 12.8 Å². The van der Waals surface area contributed by atoms with Crippen LogP contribution in [0.5, 0.6) is 0 Å². The van der Waals surface area contributed by atoms with Gasteiger partial charge in [-0.25, -0.2) is 0 Å². The molecule has 0 aliphatic rings. The predicted molar refractivity (Wildman–Crippen MR) is 122 cm³/mol. The zero-order valence-electron chi connectivity index (χ0n) is 18.3. The summed E-state index contributed by atoms with van der Waals surface area (Å²) in [5.74, 6) is 0.405. The van der Waals surface area contributed by atoms with Crippen molar-refractivity contribution in [2.75, 3.05) is 6.26 Å². The molecule has 4 nitrogen and oxygen atoms in total. The second kappa shape index (κ2) is 13.4. The van der Waals surface area contributed by atoms with Crippen molar-refractivity contribution in [2.24, 2.45) is 5.92 Å². The molecule has 0 N–H and O–H groups in total. The summed E-state index contributed by atoms with van der Waals surface area (Å²) in [6.07, 6.45) is 16.8. The zero-order valence-corrected chi connectivity index (χ0v) is 19.1. The molecular weight excluding hydrogens is 376 g/mol. The summed E-state index contributed by atoms with van der Waals surface area (Å²) in [4.78, 5) is 1.31. The second-order valence-corrected chi connectivity index (χ2v) is 8.93. The molecule has 0 spiro atoms. The van der Waals surface area contributed by atoms with Crippen LogP contribution in [0.3, 0.4) is 0 Å². The molecule has 0 fully saturated rings. The third kappa shape index (κ3) is 8.22. The lowest BCUT2D eigenvalue weighted by molar-refractivity contribution is 0.425. The maximum absolute atomic E-state index is 9.76. The van der Waals surface area contributed by atoms with Crippen LogP contribution < -0.4 is 0 Å². The average Bonchev–Trinajstić information content (AvgIpc) is 3.24. The van der Waals surface area contributed by atoms with E-state index in [0.29, 0.717) is 12.5 Å². The van der Waals surface area contributed by atoms with Crippen molar-refractivity contribution < 1.29 is 0 Å². The molecule has 2 unspecified atom stereocenters. The third-order valence-corrected chi connectivity index (χ3v) is 6.45. The largest absolute Gasteiger partial charge is 0.319 e. The van der Waals surface area contributed by atoms with E-state index in [1.165, 1.54) is 61.0 Å². The Morgan fingerprint density at radius 2 is 1.76 bits per heavy atom. The summed E-state index contributed by atoms with van der Waals surface area (Å²) in [5.41, 5.74) is 2.77. The third-order valence-electron chi connectivity index (χ3n) is 5.72. The normalized spacial score (nSPS) is 13.2. The van der Waals surface area contributed by atoms with Gasteiger partial charge in [0.15, 0.2) is 0 Å². The highest BCUT2D eigenvalue weighted by Crippen LogP contribution is 2.33. The molecule has 1 aromatic carbocycles. The van der Waals surface area contributed by atoms with Crippen molar-refractivity contribution >= 4 is 11.8 Å². The standard InChI is InChI=1S/C24H36N4S/c1-4-5-6-7-8-9-10-11-22(24-13-12-23(29-3)14-20(24)2)15-21(16-25)17-28-18-26-27-19-28/h12-14,18-19,21-22H,4-11,15,17H2,1-3H3. The highest BCUT2D eigenvalue weighted by Gasteiger charge is 2.20. The predicted octanol–water partition coefficient (Wildman–Crippen LogP) is 6.76. The number of hydrogen-bond acceptors (Lipinski definition) is 4. The van der Waals surface area contributed by atoms with Crippen molar-refractivity contribution in [1.29, 1.82) is 5.26 Å². The van der Waals surface area contributed by atoms with Gasteiger partial charge in [0.2, 0.25) is 0 Å². The van der Waals surface area contributed by atoms with Gasteiger partial charge in [0.25, 0.3) is 0 Å². The average molecular weight is 413 g/mol. The molecule has 1 aromatic heterocycles. The number of nitriles is 1. The number of hydrogen-bond donors (Lipinski definition) is 0. The Labute approximate surface area is 181 Å². The molecule has 2 rings (SSSR count). The fourth-order valence-corrected chi connectivity index (χ4v) is 4.56. The molecule has 0 amide bonds. The van der Waals surface area contributed by atoms with Crippen molar-refractivity contribution in [3.05, 3.63) is 42.0 Å². The number of nitrogens with zero attached hydrogens (tertiary/aromatic N) is 4. The number of aromatic nitrogens is 3. The fraction of sp³-hybridized carbons (Fsp3) is 0.625. The smallest absolute Gasteiger partial charge is 0.119 e. The minimum absolute atomic E-state index is 0.0276. The first-order chi connectivity index (χ1) is 14.2. The maximum atomic E-state index is 9.76. The summed E-state index contributed by atoms with van der Waals surface area (Å²) < 4.78 is 1.92. The Balaban J connectivity index is 2.01. The fourth-order valence-electron chi connectivity index (χ4n) is 4.06. The van der Waals surface area contributed by atoms with Crippen LogP contribution in [0.4, 0.5) is 0 Å². The summed E-state index contributed by atoms with van der Waals surface area (Å²) in [5, 5.41) is 17.5. The molecule has 2 atom stereocenters. The molecule has 5 heteroatoms. The maximum Gasteiger partial charge on any atom is 0.119 e. The lowest BCUT2D eigenvalue weighted by atomic mass is 9.83. The van der Waals surface area contributed by atoms with E-state index in [1.54, 1.807) is 24.4 Å². The molecule has 2 aromatic rings. The number of benzene rings is 1. The van der Waals surface area contributed by atoms with Crippen LogP contribution >= 0.6 is 11.8 Å². The SMILES string of the molecule is CCCCCCCCCC(CC(C#N)Cn1cnnc1)c1ccc(SC)cc1C. The van der Waals surface area contributed by atoms with E-state index in [9.17, 15) is 5.26 Å². The topological polar surface area (TPSA) is 54.5 Å². The lowest BCUT2D eigenvalue weighted by Gasteiger charge is -2.23. The molecule has 29 heavy (non-hydrogen) atoms. The van der Waals surface area contributed by atoms with Gasteiger partial charge in [-0.15, -0.1) is 22.0 Å². The van der Waals surface area contributed by atoms with Crippen molar-refractivity contribution in [3.63, 3.8) is 0 Å². The van der Waals surface area contributed by atoms with Gasteiger partial charge in [-0.2, -0.15) is 5.26 Å². The van der Waals surface area contributed by atoms with Crippen LogP contribution in [0.25, 0.3) is 0 Å². The first kappa shape index (κ1) is 23.5. The number of unbranched alkanes of at least 4 members (excludes halogenated alkanes) is 6. The van der Waals surface area contributed by atoms with Gasteiger partial charge < -0.3 is 4.57 Å². The monoisotopic (exact) mass is 412 g/mol. The molecule has 0 radical (unpaired) electrons. The van der Waals surface area contributed by atoms with Crippen molar-refractivity contribution in [1.82, 2.24) is 14.8 Å². The van der Waals surface area contributed by atoms with Gasteiger partial charge in [0.05, 0.1) is 12.0 Å². The van der Waals surface area contributed by atoms with Gasteiger partial charge in [0, 0.05) is 11.4 Å². The van der Waals surface area contributed by atoms with Crippen LogP contribution in [0.2, 0.25) is 0 Å². The van der Waals surface area contributed by atoms with E-state index in [1.807, 2.05) is 4.57 Å². The summed E-state index contributed by atoms with van der Waals surface area (Å²) in [6, 6.07) is 9.34. The van der Waals surface area contributed by atoms with E-state index >= 15 is 0 Å². The lowest BCUT2D eigenvalue weighted by Crippen LogP contribution is -2.13. The Morgan fingerprint density at radius 1 is 1.07 bits per heavy atom. The number of thioether (sulfide) groups is 1. The minimum atomic E-state index is -0.0276. The highest BCUT2D eigenvalue weighted by atomic mass is 32.2. The van der Waals surface area contributed by atoms with E-state index in [4.69, 9.17) is 0 Å². The Kier molecular flexibility index (Phi) is 10.9. The second-order valence-electron chi connectivity index (χ2n) is 8.05. The number of aryl methyl sites for hydroxylation is 1. The van der Waals surface area contributed by atoms with E-state index < -0.39 is 0 Å². The van der Waals surface area contributed by atoms with Gasteiger partial charge >= 0.3 is 0 Å². The molecule has 1 heterocycles. The Morgan fingerprint density at radius 3 is 2.38 bits per heavy atom. The Hall–Kier alpha value is -1.80. The van der Waals surface area contributed by atoms with Crippen LogP contribution in [0.15, 0.2) is 35.7 Å². The van der Waals surface area contributed by atoms with Gasteiger partial charge in [0.1, 0.15) is 12.7 Å².